The predicted molar refractivity (Wildman–Crippen MR) is 104 cm³/mol. The minimum absolute atomic E-state index is 0.270. The molecule has 3 nitrogen and oxygen atoms in total. The minimum atomic E-state index is -0.270. The van der Waals surface area contributed by atoms with Crippen molar-refractivity contribution in [2.75, 3.05) is 5.32 Å². The fraction of sp³-hybridized carbons (Fsp3) is 0.0588. The van der Waals surface area contributed by atoms with E-state index in [9.17, 15) is 4.79 Å². The second-order valence-electron chi connectivity index (χ2n) is 5.30. The summed E-state index contributed by atoms with van der Waals surface area (Å²) in [5.74, 6) is -0.270. The van der Waals surface area contributed by atoms with Crippen LogP contribution in [0, 0.1) is 6.92 Å². The van der Waals surface area contributed by atoms with Crippen molar-refractivity contribution in [3.8, 4) is 0 Å². The number of aromatic nitrogens is 1. The number of rotatable bonds is 2. The Labute approximate surface area is 155 Å². The molecule has 0 radical (unpaired) electrons. The third kappa shape index (κ3) is 2.67. The van der Waals surface area contributed by atoms with E-state index in [4.69, 9.17) is 23.2 Å². The highest BCUT2D eigenvalue weighted by Crippen LogP contribution is 2.39. The first-order valence-electron chi connectivity index (χ1n) is 7.08. The summed E-state index contributed by atoms with van der Waals surface area (Å²) in [6, 6.07) is 11.5. The van der Waals surface area contributed by atoms with Gasteiger partial charge in [0.05, 0.1) is 20.3 Å². The Morgan fingerprint density at radius 3 is 2.75 bits per heavy atom. The number of nitrogens with zero attached hydrogens (tertiary/aromatic N) is 1. The summed E-state index contributed by atoms with van der Waals surface area (Å²) in [5, 5.41) is 5.04. The first-order chi connectivity index (χ1) is 11.5. The molecule has 0 aliphatic rings. The summed E-state index contributed by atoms with van der Waals surface area (Å²) in [6.07, 6.45) is 0. The molecule has 0 aliphatic heterocycles. The highest BCUT2D eigenvalue weighted by Gasteiger charge is 2.20. The lowest BCUT2D eigenvalue weighted by molar-refractivity contribution is 0.103. The fourth-order valence-corrected chi connectivity index (χ4v) is 5.27. The molecule has 120 valence electrons. The van der Waals surface area contributed by atoms with Crippen molar-refractivity contribution in [3.05, 3.63) is 56.9 Å². The van der Waals surface area contributed by atoms with Crippen LogP contribution in [0.1, 0.15) is 15.2 Å². The van der Waals surface area contributed by atoms with Crippen LogP contribution < -0.4 is 5.32 Å². The molecule has 0 atom stereocenters. The lowest BCUT2D eigenvalue weighted by atomic mass is 10.2. The van der Waals surface area contributed by atoms with Crippen LogP contribution in [0.5, 0.6) is 0 Å². The largest absolute Gasteiger partial charge is 0.297 e. The monoisotopic (exact) mass is 392 g/mol. The van der Waals surface area contributed by atoms with Gasteiger partial charge >= 0.3 is 0 Å². The third-order valence-electron chi connectivity index (χ3n) is 3.58. The topological polar surface area (TPSA) is 42.0 Å². The molecule has 0 unspecified atom stereocenters. The molecule has 0 saturated carbocycles. The van der Waals surface area contributed by atoms with Gasteiger partial charge in [-0.2, -0.15) is 0 Å². The van der Waals surface area contributed by atoms with Crippen molar-refractivity contribution in [1.29, 1.82) is 0 Å². The molecular formula is C17H10Cl2N2OS2. The van der Waals surface area contributed by atoms with Gasteiger partial charge in [0.25, 0.3) is 5.91 Å². The number of thiophene rings is 1. The zero-order valence-corrected chi connectivity index (χ0v) is 15.5. The molecule has 2 heterocycles. The number of fused-ring (bicyclic) bond motifs is 2. The van der Waals surface area contributed by atoms with Crippen molar-refractivity contribution in [1.82, 2.24) is 4.98 Å². The van der Waals surface area contributed by atoms with Gasteiger partial charge in [-0.3, -0.25) is 10.1 Å². The highest BCUT2D eigenvalue weighted by atomic mass is 35.5. The second-order valence-corrected chi connectivity index (χ2v) is 8.17. The van der Waals surface area contributed by atoms with E-state index in [0.29, 0.717) is 20.1 Å². The molecule has 4 aromatic rings. The number of anilines is 1. The number of hydrogen-bond donors (Lipinski definition) is 1. The standard InChI is InChI=1S/C17H10Cl2N2OS2/c1-8-5-6-10-12(7-8)24-17(20-10)21-16(22)15-14(19)13-9(18)3-2-4-11(13)23-15/h2-7H,1H3,(H,20,21,22). The Hall–Kier alpha value is -1.66. The van der Waals surface area contributed by atoms with Gasteiger partial charge in [0.2, 0.25) is 0 Å². The molecule has 24 heavy (non-hydrogen) atoms. The highest BCUT2D eigenvalue weighted by molar-refractivity contribution is 7.23. The first kappa shape index (κ1) is 15.8. The van der Waals surface area contributed by atoms with Crippen molar-refractivity contribution in [2.45, 2.75) is 6.92 Å². The second kappa shape index (κ2) is 6.01. The number of nitrogens with one attached hydrogen (secondary N) is 1. The van der Waals surface area contributed by atoms with E-state index in [1.807, 2.05) is 31.2 Å². The Balaban J connectivity index is 1.70. The van der Waals surface area contributed by atoms with Crippen molar-refractivity contribution in [2.24, 2.45) is 0 Å². The van der Waals surface area contributed by atoms with E-state index in [0.717, 1.165) is 25.9 Å². The van der Waals surface area contributed by atoms with Crippen LogP contribution in [0.4, 0.5) is 5.13 Å². The van der Waals surface area contributed by atoms with Crippen LogP contribution in [-0.4, -0.2) is 10.9 Å². The van der Waals surface area contributed by atoms with Crippen LogP contribution in [0.25, 0.3) is 20.3 Å². The molecular weight excluding hydrogens is 383 g/mol. The van der Waals surface area contributed by atoms with Gasteiger partial charge in [0.1, 0.15) is 4.88 Å². The van der Waals surface area contributed by atoms with E-state index in [2.05, 4.69) is 16.4 Å². The molecule has 1 amide bonds. The summed E-state index contributed by atoms with van der Waals surface area (Å²) in [5.41, 5.74) is 2.03. The first-order valence-corrected chi connectivity index (χ1v) is 9.47. The maximum atomic E-state index is 12.6. The summed E-state index contributed by atoms with van der Waals surface area (Å²) in [7, 11) is 0. The maximum absolute atomic E-state index is 12.6. The zero-order chi connectivity index (χ0) is 16.8. The van der Waals surface area contributed by atoms with E-state index < -0.39 is 0 Å². The molecule has 2 aromatic heterocycles. The predicted octanol–water partition coefficient (Wildman–Crippen LogP) is 6.38. The molecule has 0 spiro atoms. The normalized spacial score (nSPS) is 11.3. The number of halogens is 2. The van der Waals surface area contributed by atoms with Gasteiger partial charge in [0, 0.05) is 10.1 Å². The quantitative estimate of drug-likeness (QED) is 0.429. The Morgan fingerprint density at radius 2 is 1.96 bits per heavy atom. The van der Waals surface area contributed by atoms with Crippen LogP contribution in [0.3, 0.4) is 0 Å². The molecule has 7 heteroatoms. The van der Waals surface area contributed by atoms with Gasteiger partial charge in [-0.05, 0) is 36.8 Å². The smallest absolute Gasteiger partial charge is 0.269 e. The van der Waals surface area contributed by atoms with Gasteiger partial charge < -0.3 is 0 Å². The molecule has 1 N–H and O–H groups in total. The fourth-order valence-electron chi connectivity index (χ4n) is 2.46. The van der Waals surface area contributed by atoms with Gasteiger partial charge in [-0.15, -0.1) is 11.3 Å². The summed E-state index contributed by atoms with van der Waals surface area (Å²) in [4.78, 5) is 17.5. The van der Waals surface area contributed by atoms with Crippen molar-refractivity contribution in [3.63, 3.8) is 0 Å². The molecule has 4 rings (SSSR count). The van der Waals surface area contributed by atoms with E-state index in [1.54, 1.807) is 6.07 Å². The van der Waals surface area contributed by atoms with Gasteiger partial charge in [-0.25, -0.2) is 4.98 Å². The van der Waals surface area contributed by atoms with Crippen molar-refractivity contribution < 1.29 is 4.79 Å². The lowest BCUT2D eigenvalue weighted by Gasteiger charge is -1.99. The number of thiazole rings is 1. The number of benzene rings is 2. The van der Waals surface area contributed by atoms with Crippen molar-refractivity contribution >= 4 is 77.2 Å². The number of amides is 1. The summed E-state index contributed by atoms with van der Waals surface area (Å²) >= 11 is 15.3. The SMILES string of the molecule is Cc1ccc2nc(NC(=O)c3sc4cccc(Cl)c4c3Cl)sc2c1. The number of aryl methyl sites for hydroxylation is 1. The van der Waals surface area contributed by atoms with E-state index >= 15 is 0 Å². The molecule has 0 saturated heterocycles. The molecule has 0 fully saturated rings. The minimum Gasteiger partial charge on any atom is -0.297 e. The Bertz CT molecular complexity index is 1100. The Kier molecular flexibility index (Phi) is 3.96. The average molecular weight is 393 g/mol. The van der Waals surface area contributed by atoms with Gasteiger partial charge in [-0.1, -0.05) is 46.7 Å². The zero-order valence-electron chi connectivity index (χ0n) is 12.4. The number of carbonyl (C=O) groups is 1. The van der Waals surface area contributed by atoms with E-state index in [1.165, 1.54) is 22.7 Å². The molecule has 2 aromatic carbocycles. The molecule has 0 bridgehead atoms. The Morgan fingerprint density at radius 1 is 1.12 bits per heavy atom. The van der Waals surface area contributed by atoms with Crippen LogP contribution in [0.15, 0.2) is 36.4 Å². The summed E-state index contributed by atoms with van der Waals surface area (Å²) < 4.78 is 1.92. The van der Waals surface area contributed by atoms with Crippen LogP contribution in [0.2, 0.25) is 10.0 Å². The van der Waals surface area contributed by atoms with E-state index in [-0.39, 0.29) is 5.91 Å². The summed E-state index contributed by atoms with van der Waals surface area (Å²) in [6.45, 7) is 2.03. The van der Waals surface area contributed by atoms with Crippen LogP contribution in [-0.2, 0) is 0 Å². The number of carbonyl (C=O) groups excluding carboxylic acids is 1. The van der Waals surface area contributed by atoms with Gasteiger partial charge in [0.15, 0.2) is 5.13 Å². The lowest BCUT2D eigenvalue weighted by Crippen LogP contribution is -2.10. The third-order valence-corrected chi connectivity index (χ3v) is 6.47. The van der Waals surface area contributed by atoms with Crippen LogP contribution >= 0.6 is 45.9 Å². The average Bonchev–Trinajstić information content (AvgIpc) is 3.08. The maximum Gasteiger partial charge on any atom is 0.269 e. The molecule has 0 aliphatic carbocycles. The number of hydrogen-bond acceptors (Lipinski definition) is 4.